The van der Waals surface area contributed by atoms with Crippen molar-refractivity contribution in [2.45, 2.75) is 38.3 Å². The summed E-state index contributed by atoms with van der Waals surface area (Å²) >= 11 is 0. The first-order valence-corrected chi connectivity index (χ1v) is 6.42. The van der Waals surface area contributed by atoms with Crippen LogP contribution < -0.4 is 0 Å². The average molecular weight is 245 g/mol. The second-order valence-electron chi connectivity index (χ2n) is 5.14. The maximum absolute atomic E-state index is 13.5. The van der Waals surface area contributed by atoms with Gasteiger partial charge in [0.2, 0.25) is 0 Å². The molecule has 0 N–H and O–H groups in total. The van der Waals surface area contributed by atoms with E-state index in [0.717, 1.165) is 19.3 Å². The van der Waals surface area contributed by atoms with Gasteiger partial charge in [0.1, 0.15) is 5.82 Å². The van der Waals surface area contributed by atoms with Gasteiger partial charge in [-0.3, -0.25) is 4.79 Å². The fourth-order valence-corrected chi connectivity index (χ4v) is 2.92. The highest BCUT2D eigenvalue weighted by atomic mass is 19.1. The van der Waals surface area contributed by atoms with Crippen LogP contribution in [0, 0.1) is 12.7 Å². The van der Waals surface area contributed by atoms with E-state index in [0.29, 0.717) is 17.2 Å². The van der Waals surface area contributed by atoms with Gasteiger partial charge in [-0.25, -0.2) is 4.39 Å². The number of rotatable bonds is 1. The Kier molecular flexibility index (Phi) is 2.69. The Balaban J connectivity index is 1.91. The Bertz CT molecular complexity index is 523. The first-order chi connectivity index (χ1) is 8.66. The normalized spacial score (nSPS) is 25.6. The first-order valence-electron chi connectivity index (χ1n) is 6.42. The van der Waals surface area contributed by atoms with Crippen LogP contribution in [0.15, 0.2) is 30.4 Å². The number of amides is 1. The zero-order valence-electron chi connectivity index (χ0n) is 10.4. The molecule has 1 fully saturated rings. The summed E-state index contributed by atoms with van der Waals surface area (Å²) in [4.78, 5) is 14.4. The van der Waals surface area contributed by atoms with E-state index in [2.05, 4.69) is 12.2 Å². The summed E-state index contributed by atoms with van der Waals surface area (Å²) in [5, 5.41) is 0. The fourth-order valence-electron chi connectivity index (χ4n) is 2.92. The third-order valence-corrected chi connectivity index (χ3v) is 3.97. The molecule has 0 spiro atoms. The SMILES string of the molecule is Cc1ccc(C(=O)N2[C@H]3CC=C[C@H]2CC3)cc1F. The molecule has 1 aromatic carbocycles. The van der Waals surface area contributed by atoms with E-state index in [1.807, 2.05) is 4.90 Å². The molecule has 1 amide bonds. The molecule has 2 atom stereocenters. The Morgan fingerprint density at radius 3 is 2.94 bits per heavy atom. The van der Waals surface area contributed by atoms with Gasteiger partial charge >= 0.3 is 0 Å². The quantitative estimate of drug-likeness (QED) is 0.696. The van der Waals surface area contributed by atoms with Gasteiger partial charge in [0.05, 0.1) is 6.04 Å². The second kappa shape index (κ2) is 4.23. The highest BCUT2D eigenvalue weighted by Gasteiger charge is 2.37. The number of aryl methyl sites for hydroxylation is 1. The van der Waals surface area contributed by atoms with E-state index in [1.54, 1.807) is 19.1 Å². The number of carbonyl (C=O) groups is 1. The van der Waals surface area contributed by atoms with Gasteiger partial charge in [-0.1, -0.05) is 18.2 Å². The minimum absolute atomic E-state index is 0.0363. The standard InChI is InChI=1S/C15H16FNO/c1-10-5-6-11(9-14(10)16)15(18)17-12-3-2-4-13(17)8-7-12/h2-3,5-6,9,12-13H,4,7-8H2,1H3/t12-,13-/m0/s1. The molecule has 3 rings (SSSR count). The van der Waals surface area contributed by atoms with E-state index in [1.165, 1.54) is 6.07 Å². The molecule has 2 bridgehead atoms. The zero-order chi connectivity index (χ0) is 12.7. The highest BCUT2D eigenvalue weighted by Crippen LogP contribution is 2.32. The van der Waals surface area contributed by atoms with Crippen molar-refractivity contribution in [2.75, 3.05) is 0 Å². The lowest BCUT2D eigenvalue weighted by Crippen LogP contribution is -2.42. The van der Waals surface area contributed by atoms with Crippen molar-refractivity contribution in [3.8, 4) is 0 Å². The zero-order valence-corrected chi connectivity index (χ0v) is 10.4. The number of nitrogens with zero attached hydrogens (tertiary/aromatic N) is 1. The van der Waals surface area contributed by atoms with E-state index >= 15 is 0 Å². The van der Waals surface area contributed by atoms with Gasteiger partial charge in [0, 0.05) is 11.6 Å². The minimum Gasteiger partial charge on any atom is -0.329 e. The molecule has 94 valence electrons. The molecule has 0 aliphatic carbocycles. The molecule has 0 radical (unpaired) electrons. The number of fused-ring (bicyclic) bond motifs is 2. The molecule has 0 unspecified atom stereocenters. The summed E-state index contributed by atoms with van der Waals surface area (Å²) in [7, 11) is 0. The van der Waals surface area contributed by atoms with Gasteiger partial charge in [0.25, 0.3) is 5.91 Å². The highest BCUT2D eigenvalue weighted by molar-refractivity contribution is 5.95. The number of halogens is 1. The van der Waals surface area contributed by atoms with E-state index in [9.17, 15) is 9.18 Å². The minimum atomic E-state index is -0.305. The summed E-state index contributed by atoms with van der Waals surface area (Å²) in [6.07, 6.45) is 7.27. The molecule has 2 nitrogen and oxygen atoms in total. The van der Waals surface area contributed by atoms with Crippen molar-refractivity contribution < 1.29 is 9.18 Å². The summed E-state index contributed by atoms with van der Waals surface area (Å²) in [6.45, 7) is 1.71. The van der Waals surface area contributed by atoms with Crippen LogP contribution in [-0.4, -0.2) is 22.9 Å². The summed E-state index contributed by atoms with van der Waals surface area (Å²) < 4.78 is 13.5. The van der Waals surface area contributed by atoms with Crippen molar-refractivity contribution in [3.05, 3.63) is 47.3 Å². The van der Waals surface area contributed by atoms with Crippen molar-refractivity contribution in [1.29, 1.82) is 0 Å². The van der Waals surface area contributed by atoms with Crippen molar-refractivity contribution in [2.24, 2.45) is 0 Å². The van der Waals surface area contributed by atoms with E-state index in [-0.39, 0.29) is 17.8 Å². The monoisotopic (exact) mass is 245 g/mol. The van der Waals surface area contributed by atoms with Crippen molar-refractivity contribution in [3.63, 3.8) is 0 Å². The molecule has 0 saturated carbocycles. The lowest BCUT2D eigenvalue weighted by atomic mass is 10.1. The Hall–Kier alpha value is -1.64. The van der Waals surface area contributed by atoms with Gasteiger partial charge in [0.15, 0.2) is 0 Å². The van der Waals surface area contributed by atoms with Crippen LogP contribution in [0.5, 0.6) is 0 Å². The molecular formula is C15H16FNO. The van der Waals surface area contributed by atoms with Gasteiger partial charge in [-0.15, -0.1) is 0 Å². The molecule has 1 aromatic rings. The molecule has 2 heterocycles. The summed E-state index contributed by atoms with van der Waals surface area (Å²) in [5.41, 5.74) is 1.04. The lowest BCUT2D eigenvalue weighted by molar-refractivity contribution is 0.0688. The van der Waals surface area contributed by atoms with E-state index in [4.69, 9.17) is 0 Å². The molecule has 2 aliphatic rings. The lowest BCUT2D eigenvalue weighted by Gasteiger charge is -2.31. The van der Waals surface area contributed by atoms with Crippen LogP contribution in [0.1, 0.15) is 35.2 Å². The Labute approximate surface area is 106 Å². The van der Waals surface area contributed by atoms with Crippen molar-refractivity contribution in [1.82, 2.24) is 4.90 Å². The van der Waals surface area contributed by atoms with Gasteiger partial charge in [-0.05, 0) is 43.9 Å². The Morgan fingerprint density at radius 2 is 2.22 bits per heavy atom. The largest absolute Gasteiger partial charge is 0.329 e. The topological polar surface area (TPSA) is 20.3 Å². The fraction of sp³-hybridized carbons (Fsp3) is 0.400. The van der Waals surface area contributed by atoms with Crippen LogP contribution in [0.4, 0.5) is 4.39 Å². The predicted molar refractivity (Wildman–Crippen MR) is 67.9 cm³/mol. The van der Waals surface area contributed by atoms with Gasteiger partial charge < -0.3 is 4.90 Å². The first kappa shape index (κ1) is 11.5. The van der Waals surface area contributed by atoms with Crippen LogP contribution in [0.3, 0.4) is 0 Å². The third kappa shape index (κ3) is 1.74. The smallest absolute Gasteiger partial charge is 0.254 e. The van der Waals surface area contributed by atoms with Crippen molar-refractivity contribution >= 4 is 5.91 Å². The molecule has 2 aliphatic heterocycles. The summed E-state index contributed by atoms with van der Waals surface area (Å²) in [5.74, 6) is -0.341. The van der Waals surface area contributed by atoms with Crippen LogP contribution in [0.25, 0.3) is 0 Å². The maximum atomic E-state index is 13.5. The average Bonchev–Trinajstić information content (AvgIpc) is 2.61. The molecule has 1 saturated heterocycles. The summed E-state index contributed by atoms with van der Waals surface area (Å²) in [6, 6.07) is 5.26. The van der Waals surface area contributed by atoms with Crippen LogP contribution in [-0.2, 0) is 0 Å². The maximum Gasteiger partial charge on any atom is 0.254 e. The number of carbonyl (C=O) groups excluding carboxylic acids is 1. The second-order valence-corrected chi connectivity index (χ2v) is 5.14. The third-order valence-electron chi connectivity index (χ3n) is 3.97. The number of benzene rings is 1. The molecule has 18 heavy (non-hydrogen) atoms. The predicted octanol–water partition coefficient (Wildman–Crippen LogP) is 3.07. The molecule has 0 aromatic heterocycles. The van der Waals surface area contributed by atoms with Crippen LogP contribution >= 0.6 is 0 Å². The number of hydrogen-bond acceptors (Lipinski definition) is 1. The molecule has 3 heteroatoms. The van der Waals surface area contributed by atoms with E-state index < -0.39 is 0 Å². The number of hydrogen-bond donors (Lipinski definition) is 0. The molecular weight excluding hydrogens is 229 g/mol. The van der Waals surface area contributed by atoms with Gasteiger partial charge in [-0.2, -0.15) is 0 Å². The Morgan fingerprint density at radius 1 is 1.39 bits per heavy atom. The van der Waals surface area contributed by atoms with Crippen LogP contribution in [0.2, 0.25) is 0 Å².